The van der Waals surface area contributed by atoms with Crippen molar-refractivity contribution in [1.29, 1.82) is 0 Å². The van der Waals surface area contributed by atoms with Crippen molar-refractivity contribution in [2.75, 3.05) is 18.2 Å². The third-order valence-electron chi connectivity index (χ3n) is 6.32. The van der Waals surface area contributed by atoms with Crippen LogP contribution in [0.3, 0.4) is 0 Å². The highest BCUT2D eigenvalue weighted by Crippen LogP contribution is 2.24. The lowest BCUT2D eigenvalue weighted by Gasteiger charge is -2.17. The molecule has 208 valence electrons. The number of hydrogen-bond acceptors (Lipinski definition) is 7. The van der Waals surface area contributed by atoms with Gasteiger partial charge in [-0.2, -0.15) is 0 Å². The number of sulfone groups is 1. The van der Waals surface area contributed by atoms with Gasteiger partial charge >= 0.3 is 0 Å². The minimum Gasteiger partial charge on any atom is -0.394 e. The van der Waals surface area contributed by atoms with Gasteiger partial charge in [0.05, 0.1) is 23.4 Å². The quantitative estimate of drug-likeness (QED) is 0.319. The second kappa shape index (κ2) is 12.0. The van der Waals surface area contributed by atoms with E-state index in [0.717, 1.165) is 11.8 Å². The van der Waals surface area contributed by atoms with E-state index in [1.807, 2.05) is 13.0 Å². The van der Waals surface area contributed by atoms with Gasteiger partial charge in [0.25, 0.3) is 17.4 Å². The maximum atomic E-state index is 13.1. The van der Waals surface area contributed by atoms with Crippen molar-refractivity contribution in [3.63, 3.8) is 0 Å². The molecular formula is C28H27ClN4O6S. The summed E-state index contributed by atoms with van der Waals surface area (Å²) in [6.45, 7) is 1.49. The number of aromatic amines is 1. The summed E-state index contributed by atoms with van der Waals surface area (Å²) in [4.78, 5) is 45.5. The van der Waals surface area contributed by atoms with Crippen LogP contribution in [0.15, 0.2) is 75.0 Å². The van der Waals surface area contributed by atoms with Gasteiger partial charge in [-0.3, -0.25) is 14.4 Å². The number of aliphatic hydroxyl groups is 1. The molecule has 0 radical (unpaired) electrons. The predicted molar refractivity (Wildman–Crippen MR) is 152 cm³/mol. The van der Waals surface area contributed by atoms with Crippen LogP contribution in [0.25, 0.3) is 6.08 Å². The van der Waals surface area contributed by atoms with Crippen LogP contribution in [0.1, 0.15) is 52.1 Å². The van der Waals surface area contributed by atoms with E-state index < -0.39 is 33.3 Å². The van der Waals surface area contributed by atoms with Crippen LogP contribution in [0, 0.1) is 0 Å². The average molecular weight is 583 g/mol. The zero-order valence-corrected chi connectivity index (χ0v) is 23.3. The number of fused-ring (bicyclic) bond motifs is 1. The van der Waals surface area contributed by atoms with Gasteiger partial charge < -0.3 is 20.7 Å². The molecule has 2 aromatic carbocycles. The van der Waals surface area contributed by atoms with Crippen LogP contribution in [0.4, 0.5) is 5.69 Å². The molecule has 1 aliphatic heterocycles. The van der Waals surface area contributed by atoms with Crippen LogP contribution in [0.2, 0.25) is 5.02 Å². The van der Waals surface area contributed by atoms with E-state index in [1.165, 1.54) is 24.3 Å². The highest BCUT2D eigenvalue weighted by molar-refractivity contribution is 7.94. The first kappa shape index (κ1) is 28.9. The Hall–Kier alpha value is -4.06. The smallest absolute Gasteiger partial charge is 0.262 e. The lowest BCUT2D eigenvalue weighted by Crippen LogP contribution is -2.38. The van der Waals surface area contributed by atoms with Crippen molar-refractivity contribution < 1.29 is 23.1 Å². The number of pyridine rings is 1. The SMILES string of the molecule is CCC1=C(S(C)(=O)=O)N=c2[nH]c(=O)c(C(=O)Nc3cc(C(=O)NC(CO)c4ccccc4)ccc3Cl)cc2=CC1. The van der Waals surface area contributed by atoms with Gasteiger partial charge in [0.1, 0.15) is 11.1 Å². The Morgan fingerprint density at radius 3 is 2.50 bits per heavy atom. The Bertz CT molecular complexity index is 1800. The Labute approximate surface area is 235 Å². The lowest BCUT2D eigenvalue weighted by atomic mass is 10.1. The maximum absolute atomic E-state index is 13.1. The second-order valence-corrected chi connectivity index (χ2v) is 11.5. The molecule has 10 nitrogen and oxygen atoms in total. The molecular weight excluding hydrogens is 556 g/mol. The van der Waals surface area contributed by atoms with Crippen molar-refractivity contribution in [2.24, 2.45) is 4.99 Å². The number of rotatable bonds is 8. The fraction of sp³-hybridized carbons (Fsp3) is 0.214. The molecule has 40 heavy (non-hydrogen) atoms. The van der Waals surface area contributed by atoms with Crippen molar-refractivity contribution in [3.8, 4) is 0 Å². The van der Waals surface area contributed by atoms with Crippen molar-refractivity contribution in [2.45, 2.75) is 25.8 Å². The fourth-order valence-corrected chi connectivity index (χ4v) is 5.38. The van der Waals surface area contributed by atoms with E-state index in [4.69, 9.17) is 11.6 Å². The number of benzene rings is 2. The number of aromatic nitrogens is 1. The number of nitrogens with one attached hydrogen (secondary N) is 3. The van der Waals surface area contributed by atoms with Gasteiger partial charge in [-0.15, -0.1) is 0 Å². The predicted octanol–water partition coefficient (Wildman–Crippen LogP) is 2.21. The molecule has 4 N–H and O–H groups in total. The average Bonchev–Trinajstić information content (AvgIpc) is 3.11. The summed E-state index contributed by atoms with van der Waals surface area (Å²) in [5.74, 6) is -1.29. The van der Waals surface area contributed by atoms with Gasteiger partial charge in [-0.25, -0.2) is 13.4 Å². The minimum atomic E-state index is -3.64. The molecule has 1 unspecified atom stereocenters. The first-order chi connectivity index (χ1) is 19.0. The maximum Gasteiger partial charge on any atom is 0.262 e. The number of amides is 2. The number of anilines is 1. The Balaban J connectivity index is 1.61. The molecule has 1 atom stereocenters. The number of aliphatic hydroxyl groups excluding tert-OH is 1. The zero-order valence-electron chi connectivity index (χ0n) is 21.7. The van der Waals surface area contributed by atoms with Gasteiger partial charge in [0.2, 0.25) is 0 Å². The fourth-order valence-electron chi connectivity index (χ4n) is 4.21. The summed E-state index contributed by atoms with van der Waals surface area (Å²) in [6, 6.07) is 13.9. The largest absolute Gasteiger partial charge is 0.394 e. The Kier molecular flexibility index (Phi) is 8.67. The topological polar surface area (TPSA) is 158 Å². The number of carbonyl (C=O) groups is 2. The Morgan fingerprint density at radius 2 is 1.85 bits per heavy atom. The zero-order chi connectivity index (χ0) is 29.0. The monoisotopic (exact) mass is 582 g/mol. The number of allylic oxidation sites excluding steroid dienone is 1. The summed E-state index contributed by atoms with van der Waals surface area (Å²) in [7, 11) is -3.64. The van der Waals surface area contributed by atoms with Crippen molar-refractivity contribution in [1.82, 2.24) is 10.3 Å². The molecule has 4 rings (SSSR count). The summed E-state index contributed by atoms with van der Waals surface area (Å²) in [6.07, 6.45) is 3.48. The van der Waals surface area contributed by atoms with E-state index in [2.05, 4.69) is 20.6 Å². The lowest BCUT2D eigenvalue weighted by molar-refractivity contribution is 0.0915. The summed E-state index contributed by atoms with van der Waals surface area (Å²) < 4.78 is 24.5. The third kappa shape index (κ3) is 6.39. The number of H-pyrrole nitrogens is 1. The molecule has 0 spiro atoms. The molecule has 12 heteroatoms. The molecule has 2 amide bonds. The molecule has 0 bridgehead atoms. The minimum absolute atomic E-state index is 0.0407. The van der Waals surface area contributed by atoms with Gasteiger partial charge in [-0.1, -0.05) is 54.9 Å². The molecule has 0 saturated heterocycles. The van der Waals surface area contributed by atoms with Gasteiger partial charge in [0.15, 0.2) is 14.9 Å². The number of carbonyl (C=O) groups excluding carboxylic acids is 2. The highest BCUT2D eigenvalue weighted by Gasteiger charge is 2.20. The molecule has 0 fully saturated rings. The number of nitrogens with zero attached hydrogens (tertiary/aromatic N) is 1. The first-order valence-corrected chi connectivity index (χ1v) is 14.6. The van der Waals surface area contributed by atoms with Crippen molar-refractivity contribution in [3.05, 3.63) is 108 Å². The number of halogens is 1. The summed E-state index contributed by atoms with van der Waals surface area (Å²) >= 11 is 6.27. The summed E-state index contributed by atoms with van der Waals surface area (Å²) in [5.41, 5.74) is 0.584. The van der Waals surface area contributed by atoms with Crippen LogP contribution >= 0.6 is 11.6 Å². The van der Waals surface area contributed by atoms with E-state index >= 15 is 0 Å². The van der Waals surface area contributed by atoms with Gasteiger partial charge in [0, 0.05) is 17.0 Å². The number of hydrogen-bond donors (Lipinski definition) is 4. The van der Waals surface area contributed by atoms with E-state index in [9.17, 15) is 27.9 Å². The highest BCUT2D eigenvalue weighted by atomic mass is 35.5. The van der Waals surface area contributed by atoms with Crippen LogP contribution in [0.5, 0.6) is 0 Å². The molecule has 0 aliphatic carbocycles. The normalized spacial score (nSPS) is 13.8. The van der Waals surface area contributed by atoms with Crippen LogP contribution < -0.4 is 26.9 Å². The van der Waals surface area contributed by atoms with E-state index in [0.29, 0.717) is 17.2 Å². The van der Waals surface area contributed by atoms with E-state index in [-0.39, 0.29) is 45.4 Å². The first-order valence-electron chi connectivity index (χ1n) is 12.3. The summed E-state index contributed by atoms with van der Waals surface area (Å²) in [5, 5.41) is 15.5. The molecule has 1 aromatic heterocycles. The molecule has 2 heterocycles. The third-order valence-corrected chi connectivity index (χ3v) is 7.74. The molecule has 1 aliphatic rings. The van der Waals surface area contributed by atoms with Crippen LogP contribution in [-0.4, -0.2) is 43.2 Å². The van der Waals surface area contributed by atoms with Crippen molar-refractivity contribution >= 4 is 45.0 Å². The molecule has 0 saturated carbocycles. The standard InChI is InChI=1S/C28H27ClN4O6S/c1-3-16-9-10-18-13-20(27(37)32-24(18)33-28(16)40(2,38)39)26(36)30-22-14-19(11-12-21(22)29)25(35)31-23(15-34)17-7-5-4-6-8-17/h4-8,10-14,23,34H,3,9,15H2,1-2H3,(H,30,36)(H,31,35)(H,32,33,37). The Morgan fingerprint density at radius 1 is 1.12 bits per heavy atom. The molecule has 3 aromatic rings. The van der Waals surface area contributed by atoms with Crippen LogP contribution in [-0.2, 0) is 9.84 Å². The van der Waals surface area contributed by atoms with Gasteiger partial charge in [-0.05, 0) is 48.2 Å². The van der Waals surface area contributed by atoms with E-state index in [1.54, 1.807) is 30.3 Å². The second-order valence-electron chi connectivity index (χ2n) is 9.14.